The molecule has 7 heteroatoms. The topological polar surface area (TPSA) is 75.9 Å². The smallest absolute Gasteiger partial charge is 0.254 e. The van der Waals surface area contributed by atoms with Crippen LogP contribution >= 0.6 is 11.6 Å². The average molecular weight is 456 g/mol. The molecule has 2 aromatic carbocycles. The van der Waals surface area contributed by atoms with Crippen LogP contribution in [0.1, 0.15) is 39.5 Å². The van der Waals surface area contributed by atoms with Crippen LogP contribution in [0.4, 0.5) is 0 Å². The van der Waals surface area contributed by atoms with Crippen molar-refractivity contribution in [2.24, 2.45) is 17.6 Å². The van der Waals surface area contributed by atoms with E-state index in [1.807, 2.05) is 55.1 Å². The van der Waals surface area contributed by atoms with Gasteiger partial charge in [0.2, 0.25) is 5.91 Å². The zero-order valence-corrected chi connectivity index (χ0v) is 19.6. The molecular weight excluding hydrogens is 426 g/mol. The molecule has 2 aromatic rings. The number of rotatable bonds is 6. The number of nitrogens with two attached hydrogens (primary N) is 1. The van der Waals surface area contributed by atoms with E-state index >= 15 is 0 Å². The summed E-state index contributed by atoms with van der Waals surface area (Å²) >= 11 is 6.35. The summed E-state index contributed by atoms with van der Waals surface area (Å²) in [6.45, 7) is 7.02. The second kappa shape index (κ2) is 9.12. The lowest BCUT2D eigenvalue weighted by Gasteiger charge is -2.29. The number of benzene rings is 2. The van der Waals surface area contributed by atoms with E-state index in [9.17, 15) is 9.59 Å². The number of carbonyl (C=O) groups is 2. The summed E-state index contributed by atoms with van der Waals surface area (Å²) in [6.07, 6.45) is 0.256. The minimum absolute atomic E-state index is 0.0742. The van der Waals surface area contributed by atoms with Crippen molar-refractivity contribution in [3.8, 4) is 5.75 Å². The first kappa shape index (κ1) is 22.6. The highest BCUT2D eigenvalue weighted by Crippen LogP contribution is 2.38. The van der Waals surface area contributed by atoms with Crippen LogP contribution in [0.3, 0.4) is 0 Å². The first-order chi connectivity index (χ1) is 15.3. The highest BCUT2D eigenvalue weighted by molar-refractivity contribution is 6.31. The minimum Gasteiger partial charge on any atom is -0.497 e. The van der Waals surface area contributed by atoms with Crippen LogP contribution in [0, 0.1) is 25.7 Å². The summed E-state index contributed by atoms with van der Waals surface area (Å²) in [4.78, 5) is 29.3. The van der Waals surface area contributed by atoms with Crippen LogP contribution in [-0.2, 0) is 4.79 Å². The van der Waals surface area contributed by atoms with Crippen molar-refractivity contribution >= 4 is 23.4 Å². The molecular formula is C25H30ClN3O3. The Labute approximate surface area is 194 Å². The number of primary amides is 1. The van der Waals surface area contributed by atoms with E-state index in [1.54, 1.807) is 7.11 Å². The molecule has 3 atom stereocenters. The van der Waals surface area contributed by atoms with Crippen LogP contribution in [0.2, 0.25) is 5.02 Å². The maximum Gasteiger partial charge on any atom is 0.254 e. The molecule has 2 saturated heterocycles. The van der Waals surface area contributed by atoms with Crippen molar-refractivity contribution in [3.63, 3.8) is 0 Å². The van der Waals surface area contributed by atoms with E-state index < -0.39 is 0 Å². The second-order valence-electron chi connectivity index (χ2n) is 9.06. The molecule has 0 spiro atoms. The van der Waals surface area contributed by atoms with Gasteiger partial charge in [-0.2, -0.15) is 0 Å². The number of hydrogen-bond acceptors (Lipinski definition) is 4. The maximum absolute atomic E-state index is 13.1. The Bertz CT molecular complexity index is 1030. The van der Waals surface area contributed by atoms with Gasteiger partial charge in [0.05, 0.1) is 7.11 Å². The Morgan fingerprint density at radius 2 is 1.75 bits per heavy atom. The van der Waals surface area contributed by atoms with Gasteiger partial charge in [-0.1, -0.05) is 23.7 Å². The zero-order chi connectivity index (χ0) is 23.0. The summed E-state index contributed by atoms with van der Waals surface area (Å²) in [5.41, 5.74) is 9.25. The molecule has 170 valence electrons. The van der Waals surface area contributed by atoms with Crippen LogP contribution in [0.25, 0.3) is 0 Å². The summed E-state index contributed by atoms with van der Waals surface area (Å²) < 4.78 is 5.26. The summed E-state index contributed by atoms with van der Waals surface area (Å²) in [5, 5.41) is 0.697. The van der Waals surface area contributed by atoms with Crippen molar-refractivity contribution in [2.45, 2.75) is 26.3 Å². The zero-order valence-electron chi connectivity index (χ0n) is 18.8. The molecule has 2 amide bonds. The Kier molecular flexibility index (Phi) is 6.45. The quantitative estimate of drug-likeness (QED) is 0.722. The standard InChI is InChI=1S/C25H30ClN3O3/c1-15-4-5-17(9-22(15)26)23(10-24(27)30)28-11-18-13-29(14-19(18)12-28)25(31)21-7-6-20(32-3)8-16(21)2/h4-9,18-19,23H,10-14H2,1-3H3,(H2,27,30). The van der Waals surface area contributed by atoms with Gasteiger partial charge in [0.1, 0.15) is 5.75 Å². The van der Waals surface area contributed by atoms with E-state index in [1.165, 1.54) is 0 Å². The fraction of sp³-hybridized carbons (Fsp3) is 0.440. The fourth-order valence-corrected chi connectivity index (χ4v) is 5.28. The van der Waals surface area contributed by atoms with Gasteiger partial charge in [-0.15, -0.1) is 0 Å². The number of amides is 2. The predicted molar refractivity (Wildman–Crippen MR) is 125 cm³/mol. The molecule has 2 fully saturated rings. The number of likely N-dealkylation sites (tertiary alicyclic amines) is 2. The molecule has 0 saturated carbocycles. The highest BCUT2D eigenvalue weighted by Gasteiger charge is 2.44. The minimum atomic E-state index is -0.324. The first-order valence-corrected chi connectivity index (χ1v) is 11.4. The number of ether oxygens (including phenoxy) is 1. The molecule has 0 aliphatic carbocycles. The number of carbonyl (C=O) groups excluding carboxylic acids is 2. The molecule has 2 heterocycles. The van der Waals surface area contributed by atoms with Gasteiger partial charge in [0.25, 0.3) is 5.91 Å². The lowest BCUT2D eigenvalue weighted by Crippen LogP contribution is -2.36. The van der Waals surface area contributed by atoms with Gasteiger partial charge in [0.15, 0.2) is 0 Å². The van der Waals surface area contributed by atoms with E-state index in [2.05, 4.69) is 4.90 Å². The Hall–Kier alpha value is -2.57. The third-order valence-electron chi connectivity index (χ3n) is 6.88. The largest absolute Gasteiger partial charge is 0.497 e. The molecule has 2 aliphatic rings. The molecule has 3 unspecified atom stereocenters. The monoisotopic (exact) mass is 455 g/mol. The third kappa shape index (κ3) is 4.48. The first-order valence-electron chi connectivity index (χ1n) is 11.0. The van der Waals surface area contributed by atoms with Gasteiger partial charge in [-0.05, 0) is 66.6 Å². The van der Waals surface area contributed by atoms with Crippen molar-refractivity contribution in [3.05, 3.63) is 63.7 Å². The molecule has 2 N–H and O–H groups in total. The van der Waals surface area contributed by atoms with Crippen molar-refractivity contribution in [1.29, 1.82) is 0 Å². The van der Waals surface area contributed by atoms with Crippen LogP contribution < -0.4 is 10.5 Å². The molecule has 0 aromatic heterocycles. The highest BCUT2D eigenvalue weighted by atomic mass is 35.5. The Morgan fingerprint density at radius 1 is 1.06 bits per heavy atom. The number of fused-ring (bicyclic) bond motifs is 1. The molecule has 6 nitrogen and oxygen atoms in total. The summed E-state index contributed by atoms with van der Waals surface area (Å²) in [7, 11) is 1.62. The summed E-state index contributed by atoms with van der Waals surface area (Å²) in [6, 6.07) is 11.4. The molecule has 4 rings (SSSR count). The number of halogens is 1. The van der Waals surface area contributed by atoms with Crippen molar-refractivity contribution < 1.29 is 14.3 Å². The normalized spacial score (nSPS) is 21.4. The lowest BCUT2D eigenvalue weighted by molar-refractivity contribution is -0.119. The number of hydrogen-bond donors (Lipinski definition) is 1. The summed E-state index contributed by atoms with van der Waals surface area (Å²) in [5.74, 6) is 1.27. The number of methoxy groups -OCH3 is 1. The fourth-order valence-electron chi connectivity index (χ4n) is 5.09. The van der Waals surface area contributed by atoms with E-state index in [4.69, 9.17) is 22.1 Å². The third-order valence-corrected chi connectivity index (χ3v) is 7.29. The number of aryl methyl sites for hydroxylation is 2. The molecule has 32 heavy (non-hydrogen) atoms. The second-order valence-corrected chi connectivity index (χ2v) is 9.47. The van der Waals surface area contributed by atoms with Crippen molar-refractivity contribution in [2.75, 3.05) is 33.3 Å². The van der Waals surface area contributed by atoms with Crippen molar-refractivity contribution in [1.82, 2.24) is 9.80 Å². The molecule has 0 radical (unpaired) electrons. The lowest BCUT2D eigenvalue weighted by atomic mass is 10.0. The molecule has 0 bridgehead atoms. The van der Waals surface area contributed by atoms with Gasteiger partial charge in [-0.25, -0.2) is 0 Å². The Balaban J connectivity index is 1.46. The number of nitrogens with zero attached hydrogens (tertiary/aromatic N) is 2. The van der Waals surface area contributed by atoms with Gasteiger partial charge in [-0.3, -0.25) is 14.5 Å². The van der Waals surface area contributed by atoms with Gasteiger partial charge >= 0.3 is 0 Å². The van der Waals surface area contributed by atoms with E-state index in [0.29, 0.717) is 16.9 Å². The van der Waals surface area contributed by atoms with Crippen LogP contribution in [-0.4, -0.2) is 54.9 Å². The van der Waals surface area contributed by atoms with Gasteiger partial charge < -0.3 is 15.4 Å². The van der Waals surface area contributed by atoms with Crippen LogP contribution in [0.15, 0.2) is 36.4 Å². The molecule has 2 aliphatic heterocycles. The maximum atomic E-state index is 13.1. The Morgan fingerprint density at radius 3 is 2.31 bits per heavy atom. The average Bonchev–Trinajstić information content (AvgIpc) is 3.32. The van der Waals surface area contributed by atoms with E-state index in [-0.39, 0.29) is 24.3 Å². The predicted octanol–water partition coefficient (Wildman–Crippen LogP) is 3.59. The van der Waals surface area contributed by atoms with Crippen LogP contribution in [0.5, 0.6) is 5.75 Å². The van der Waals surface area contributed by atoms with Gasteiger partial charge in [0, 0.05) is 49.2 Å². The SMILES string of the molecule is COc1ccc(C(=O)N2CC3CN(C(CC(N)=O)c4ccc(C)c(Cl)c4)CC3C2)c(C)c1. The van der Waals surface area contributed by atoms with E-state index in [0.717, 1.165) is 54.2 Å².